The smallest absolute Gasteiger partial charge is 0.194 e. The van der Waals surface area contributed by atoms with E-state index >= 15 is 0 Å². The molecule has 1 aliphatic heterocycles. The van der Waals surface area contributed by atoms with Crippen LogP contribution in [0.15, 0.2) is 47.5 Å². The van der Waals surface area contributed by atoms with Crippen molar-refractivity contribution in [3.8, 4) is 11.5 Å². The number of methoxy groups -OCH3 is 2. The molecule has 0 amide bonds. The Morgan fingerprint density at radius 1 is 1.13 bits per heavy atom. The van der Waals surface area contributed by atoms with Gasteiger partial charge in [0.15, 0.2) is 17.5 Å². The average molecular weight is 557 g/mol. The molecule has 1 unspecified atom stereocenters. The van der Waals surface area contributed by atoms with Crippen LogP contribution >= 0.6 is 24.0 Å². The number of guanidine groups is 1. The molecule has 0 fully saturated rings. The van der Waals surface area contributed by atoms with Gasteiger partial charge in [-0.2, -0.15) is 0 Å². The van der Waals surface area contributed by atoms with Crippen LogP contribution in [0.3, 0.4) is 0 Å². The lowest BCUT2D eigenvalue weighted by atomic mass is 9.99. The van der Waals surface area contributed by atoms with Gasteiger partial charge in [0, 0.05) is 41.9 Å². The van der Waals surface area contributed by atoms with Gasteiger partial charge in [-0.15, -0.1) is 24.0 Å². The van der Waals surface area contributed by atoms with E-state index in [2.05, 4.69) is 29.3 Å². The number of nitrogens with zero attached hydrogens (tertiary/aromatic N) is 2. The molecule has 8 heteroatoms. The maximum atomic E-state index is 12.4. The van der Waals surface area contributed by atoms with Crippen LogP contribution in [-0.4, -0.2) is 54.7 Å². The molecule has 0 radical (unpaired) electrons. The summed E-state index contributed by atoms with van der Waals surface area (Å²) in [7, 11) is 2.40. The third-order valence-electron chi connectivity index (χ3n) is 5.10. The first-order valence-corrected chi connectivity index (χ1v) is 11.8. The van der Waals surface area contributed by atoms with Crippen molar-refractivity contribution in [1.29, 1.82) is 0 Å². The summed E-state index contributed by atoms with van der Waals surface area (Å²) in [5.41, 5.74) is 3.60. The number of hydrogen-bond donors (Lipinski definition) is 1. The zero-order chi connectivity index (χ0) is 21.3. The molecular weight excluding hydrogens is 525 g/mol. The highest BCUT2D eigenvalue weighted by Crippen LogP contribution is 2.33. The fourth-order valence-corrected chi connectivity index (χ4v) is 4.58. The summed E-state index contributed by atoms with van der Waals surface area (Å²) < 4.78 is 23.3. The van der Waals surface area contributed by atoms with Gasteiger partial charge in [0.1, 0.15) is 0 Å². The van der Waals surface area contributed by atoms with Crippen molar-refractivity contribution in [3.05, 3.63) is 59.2 Å². The molecule has 1 aliphatic rings. The molecule has 1 N–H and O–H groups in total. The van der Waals surface area contributed by atoms with Gasteiger partial charge in [0.25, 0.3) is 0 Å². The molecular formula is C23H32IN3O3S. The third kappa shape index (κ3) is 7.10. The predicted octanol–water partition coefficient (Wildman–Crippen LogP) is 3.59. The number of benzene rings is 2. The number of nitrogens with one attached hydrogen (secondary N) is 1. The van der Waals surface area contributed by atoms with Crippen molar-refractivity contribution < 1.29 is 13.7 Å². The number of ether oxygens (including phenoxy) is 2. The van der Waals surface area contributed by atoms with Gasteiger partial charge >= 0.3 is 0 Å². The first-order chi connectivity index (χ1) is 14.6. The van der Waals surface area contributed by atoms with Gasteiger partial charge in [-0.25, -0.2) is 0 Å². The van der Waals surface area contributed by atoms with Crippen molar-refractivity contribution in [3.63, 3.8) is 0 Å². The minimum Gasteiger partial charge on any atom is -0.493 e. The molecule has 6 nitrogen and oxygen atoms in total. The number of aliphatic imine (C=N–C) groups is 1. The van der Waals surface area contributed by atoms with Gasteiger partial charge in [0.05, 0.1) is 20.8 Å². The highest BCUT2D eigenvalue weighted by Gasteiger charge is 2.21. The molecule has 0 bridgehead atoms. The zero-order valence-electron chi connectivity index (χ0n) is 18.4. The Balaban J connectivity index is 0.00000341. The molecule has 1 heterocycles. The summed E-state index contributed by atoms with van der Waals surface area (Å²) in [5, 5.41) is 3.38. The molecule has 31 heavy (non-hydrogen) atoms. The SMILES string of the molecule is CCNC(=NCCS(=O)Cc1ccccc1)N1CCc2cc(OC)c(OC)cc2C1.I. The Hall–Kier alpha value is -1.81. The Labute approximate surface area is 204 Å². The molecule has 170 valence electrons. The third-order valence-corrected chi connectivity index (χ3v) is 6.40. The van der Waals surface area contributed by atoms with Crippen molar-refractivity contribution in [2.45, 2.75) is 25.6 Å². The number of fused-ring (bicyclic) bond motifs is 1. The van der Waals surface area contributed by atoms with Crippen molar-refractivity contribution >= 4 is 40.7 Å². The van der Waals surface area contributed by atoms with Crippen LogP contribution in [0.5, 0.6) is 11.5 Å². The lowest BCUT2D eigenvalue weighted by molar-refractivity contribution is 0.346. The van der Waals surface area contributed by atoms with E-state index in [-0.39, 0.29) is 24.0 Å². The molecule has 3 rings (SSSR count). The molecule has 2 aromatic carbocycles. The Morgan fingerprint density at radius 3 is 2.45 bits per heavy atom. The minimum atomic E-state index is -0.924. The van der Waals surface area contributed by atoms with Crippen LogP contribution in [0.4, 0.5) is 0 Å². The first-order valence-electron chi connectivity index (χ1n) is 10.3. The van der Waals surface area contributed by atoms with Crippen molar-refractivity contribution in [2.24, 2.45) is 4.99 Å². The van der Waals surface area contributed by atoms with Crippen LogP contribution in [0.25, 0.3) is 0 Å². The van der Waals surface area contributed by atoms with E-state index in [1.807, 2.05) is 30.3 Å². The molecule has 2 aromatic rings. The summed E-state index contributed by atoms with van der Waals surface area (Å²) in [6, 6.07) is 14.1. The lowest BCUT2D eigenvalue weighted by Gasteiger charge is -2.32. The monoisotopic (exact) mass is 557 g/mol. The Kier molecular flexibility index (Phi) is 10.6. The summed E-state index contributed by atoms with van der Waals surface area (Å²) in [6.07, 6.45) is 0.917. The van der Waals surface area contributed by atoms with Gasteiger partial charge in [-0.3, -0.25) is 9.20 Å². The fourth-order valence-electron chi connectivity index (χ4n) is 3.58. The molecule has 1 atom stereocenters. The molecule has 0 saturated heterocycles. The van der Waals surface area contributed by atoms with E-state index in [4.69, 9.17) is 14.5 Å². The maximum Gasteiger partial charge on any atom is 0.194 e. The topological polar surface area (TPSA) is 63.2 Å². The highest BCUT2D eigenvalue weighted by molar-refractivity contribution is 14.0. The van der Waals surface area contributed by atoms with E-state index in [1.54, 1.807) is 14.2 Å². The largest absolute Gasteiger partial charge is 0.493 e. The number of hydrogen-bond acceptors (Lipinski definition) is 4. The van der Waals surface area contributed by atoms with E-state index in [0.29, 0.717) is 18.1 Å². The first kappa shape index (κ1) is 25.5. The standard InChI is InChI=1S/C23H31N3O3S.HI/c1-4-24-23(25-11-13-30(27)17-18-8-6-5-7-9-18)26-12-10-19-14-21(28-2)22(29-3)15-20(19)16-26;/h5-9,14-15H,4,10-13,16-17H2,1-3H3,(H,24,25);1H. The second kappa shape index (κ2) is 12.9. The normalized spacial score (nSPS) is 14.3. The van der Waals surface area contributed by atoms with Crippen molar-refractivity contribution in [2.75, 3.05) is 39.6 Å². The van der Waals surface area contributed by atoms with Gasteiger partial charge in [-0.1, -0.05) is 30.3 Å². The minimum absolute atomic E-state index is 0. The summed E-state index contributed by atoms with van der Waals surface area (Å²) in [4.78, 5) is 7.00. The van der Waals surface area contributed by atoms with E-state index in [0.717, 1.165) is 49.1 Å². The predicted molar refractivity (Wildman–Crippen MR) is 138 cm³/mol. The fraction of sp³-hybridized carbons (Fsp3) is 0.435. The lowest BCUT2D eigenvalue weighted by Crippen LogP contribution is -2.44. The van der Waals surface area contributed by atoms with Gasteiger partial charge in [0.2, 0.25) is 0 Å². The summed E-state index contributed by atoms with van der Waals surface area (Å²) in [6.45, 7) is 5.03. The molecule has 0 aliphatic carbocycles. The number of rotatable bonds is 8. The van der Waals surface area contributed by atoms with Gasteiger partial charge in [-0.05, 0) is 42.2 Å². The average Bonchev–Trinajstić information content (AvgIpc) is 2.77. The van der Waals surface area contributed by atoms with Crippen LogP contribution in [0.1, 0.15) is 23.6 Å². The zero-order valence-corrected chi connectivity index (χ0v) is 21.6. The summed E-state index contributed by atoms with van der Waals surface area (Å²) >= 11 is 0. The molecule has 0 saturated carbocycles. The second-order valence-electron chi connectivity index (χ2n) is 7.16. The van der Waals surface area contributed by atoms with Crippen LogP contribution in [0.2, 0.25) is 0 Å². The molecule has 0 spiro atoms. The van der Waals surface area contributed by atoms with Crippen LogP contribution in [0, 0.1) is 0 Å². The van der Waals surface area contributed by atoms with Crippen molar-refractivity contribution in [1.82, 2.24) is 10.2 Å². The maximum absolute atomic E-state index is 12.4. The van der Waals surface area contributed by atoms with Crippen LogP contribution in [-0.2, 0) is 29.5 Å². The Morgan fingerprint density at radius 2 is 1.81 bits per heavy atom. The van der Waals surface area contributed by atoms with E-state index in [1.165, 1.54) is 11.1 Å². The summed E-state index contributed by atoms with van der Waals surface area (Å²) in [5.74, 6) is 3.52. The second-order valence-corrected chi connectivity index (χ2v) is 8.73. The quantitative estimate of drug-likeness (QED) is 0.306. The highest BCUT2D eigenvalue weighted by atomic mass is 127. The van der Waals surface area contributed by atoms with E-state index in [9.17, 15) is 4.21 Å². The van der Waals surface area contributed by atoms with Gasteiger partial charge < -0.3 is 19.7 Å². The Bertz CT molecular complexity index is 893. The van der Waals surface area contributed by atoms with E-state index < -0.39 is 10.8 Å². The molecule has 0 aromatic heterocycles. The number of halogens is 1. The van der Waals surface area contributed by atoms with Crippen LogP contribution < -0.4 is 14.8 Å².